The first-order valence-electron chi connectivity index (χ1n) is 7.51. The van der Waals surface area contributed by atoms with E-state index < -0.39 is 0 Å². The van der Waals surface area contributed by atoms with Crippen molar-refractivity contribution in [3.63, 3.8) is 0 Å². The summed E-state index contributed by atoms with van der Waals surface area (Å²) in [4.78, 5) is 0. The summed E-state index contributed by atoms with van der Waals surface area (Å²) in [6.45, 7) is 0. The molecule has 134 valence electrons. The number of benzene rings is 2. The average molecular weight is 346 g/mol. The molecule has 0 radical (unpaired) electrons. The van der Waals surface area contributed by atoms with Crippen molar-refractivity contribution >= 4 is 12.2 Å². The predicted molar refractivity (Wildman–Crippen MR) is 96.2 cm³/mol. The van der Waals surface area contributed by atoms with Crippen molar-refractivity contribution in [3.05, 3.63) is 35.4 Å². The highest BCUT2D eigenvalue weighted by Crippen LogP contribution is 2.40. The van der Waals surface area contributed by atoms with E-state index in [0.29, 0.717) is 28.7 Å². The fourth-order valence-corrected chi connectivity index (χ4v) is 2.45. The summed E-state index contributed by atoms with van der Waals surface area (Å²) in [6.07, 6.45) is 3.70. The zero-order valence-electron chi connectivity index (χ0n) is 15.0. The first-order chi connectivity index (χ1) is 12.1. The third-order valence-electron chi connectivity index (χ3n) is 3.64. The van der Waals surface area contributed by atoms with Gasteiger partial charge in [-0.15, -0.1) is 0 Å². The van der Waals surface area contributed by atoms with Gasteiger partial charge in [-0.05, 0) is 35.4 Å². The molecule has 0 fully saturated rings. The van der Waals surface area contributed by atoms with Crippen LogP contribution in [0.4, 0.5) is 0 Å². The third kappa shape index (κ3) is 3.91. The van der Waals surface area contributed by atoms with E-state index in [4.69, 9.17) is 23.7 Å². The highest BCUT2D eigenvalue weighted by Gasteiger charge is 2.13. The van der Waals surface area contributed by atoms with E-state index in [0.717, 1.165) is 11.1 Å². The van der Waals surface area contributed by atoms with Crippen molar-refractivity contribution in [3.8, 4) is 34.5 Å². The first kappa shape index (κ1) is 18.3. The van der Waals surface area contributed by atoms with Crippen molar-refractivity contribution < 1.29 is 28.8 Å². The van der Waals surface area contributed by atoms with Crippen LogP contribution >= 0.6 is 0 Å². The molecule has 0 aliphatic rings. The Labute approximate surface area is 147 Å². The molecule has 0 aliphatic carbocycles. The highest BCUT2D eigenvalue weighted by atomic mass is 16.5. The van der Waals surface area contributed by atoms with Gasteiger partial charge in [0.05, 0.1) is 35.5 Å². The summed E-state index contributed by atoms with van der Waals surface area (Å²) in [5.41, 5.74) is 1.60. The number of phenols is 1. The maximum absolute atomic E-state index is 10.0. The summed E-state index contributed by atoms with van der Waals surface area (Å²) in [5.74, 6) is 2.42. The number of aromatic hydroxyl groups is 1. The van der Waals surface area contributed by atoms with E-state index in [-0.39, 0.29) is 5.75 Å². The van der Waals surface area contributed by atoms with Crippen LogP contribution in [-0.2, 0) is 0 Å². The van der Waals surface area contributed by atoms with Gasteiger partial charge in [0.1, 0.15) is 0 Å². The minimum atomic E-state index is 0.00592. The van der Waals surface area contributed by atoms with Gasteiger partial charge in [0, 0.05) is 0 Å². The maximum atomic E-state index is 10.0. The standard InChI is InChI=1S/C19H22O6/c1-21-15-9-12(8-14(20)18(15)24-4)6-7-13-10-16(22-2)19(25-5)17(11-13)23-3/h6-11,20H,1-5H3/b7-6+. The molecule has 0 aromatic heterocycles. The molecule has 0 saturated heterocycles. The summed E-state index contributed by atoms with van der Waals surface area (Å²) in [7, 11) is 7.68. The van der Waals surface area contributed by atoms with Gasteiger partial charge < -0.3 is 28.8 Å². The highest BCUT2D eigenvalue weighted by molar-refractivity contribution is 5.74. The fourth-order valence-electron chi connectivity index (χ4n) is 2.45. The van der Waals surface area contributed by atoms with Crippen molar-refractivity contribution in [2.24, 2.45) is 0 Å². The second kappa shape index (κ2) is 8.19. The summed E-state index contributed by atoms with van der Waals surface area (Å²) >= 11 is 0. The second-order valence-corrected chi connectivity index (χ2v) is 5.07. The Balaban J connectivity index is 2.41. The van der Waals surface area contributed by atoms with Crippen LogP contribution in [0.1, 0.15) is 11.1 Å². The summed E-state index contributed by atoms with van der Waals surface area (Å²) in [6, 6.07) is 7.03. The Morgan fingerprint density at radius 3 is 1.40 bits per heavy atom. The topological polar surface area (TPSA) is 66.4 Å². The molecular formula is C19H22O6. The normalized spacial score (nSPS) is 10.6. The van der Waals surface area contributed by atoms with E-state index in [1.165, 1.54) is 14.2 Å². The number of phenolic OH excluding ortho intramolecular Hbond substituents is 1. The van der Waals surface area contributed by atoms with Crippen LogP contribution < -0.4 is 23.7 Å². The van der Waals surface area contributed by atoms with Crippen LogP contribution in [-0.4, -0.2) is 40.7 Å². The predicted octanol–water partition coefficient (Wildman–Crippen LogP) is 3.61. The van der Waals surface area contributed by atoms with E-state index in [1.54, 1.807) is 33.5 Å². The molecule has 1 N–H and O–H groups in total. The molecule has 2 aromatic carbocycles. The molecule has 0 heterocycles. The lowest BCUT2D eigenvalue weighted by Crippen LogP contribution is -1.95. The number of rotatable bonds is 7. The van der Waals surface area contributed by atoms with Gasteiger partial charge in [-0.1, -0.05) is 12.2 Å². The van der Waals surface area contributed by atoms with E-state index in [2.05, 4.69) is 0 Å². The van der Waals surface area contributed by atoms with Crippen LogP contribution in [0.15, 0.2) is 24.3 Å². The Kier molecular flexibility index (Phi) is 6.00. The van der Waals surface area contributed by atoms with E-state index in [9.17, 15) is 5.11 Å². The van der Waals surface area contributed by atoms with E-state index >= 15 is 0 Å². The maximum Gasteiger partial charge on any atom is 0.203 e. The van der Waals surface area contributed by atoms with Crippen LogP contribution in [0.2, 0.25) is 0 Å². The lowest BCUT2D eigenvalue weighted by Gasteiger charge is -2.13. The van der Waals surface area contributed by atoms with Gasteiger partial charge in [0.25, 0.3) is 0 Å². The summed E-state index contributed by atoms with van der Waals surface area (Å²) < 4.78 is 26.4. The number of hydrogen-bond acceptors (Lipinski definition) is 6. The Hall–Kier alpha value is -3.02. The molecule has 0 unspecified atom stereocenters. The Morgan fingerprint density at radius 2 is 1.00 bits per heavy atom. The monoisotopic (exact) mass is 346 g/mol. The van der Waals surface area contributed by atoms with Gasteiger partial charge in [0.15, 0.2) is 23.0 Å². The molecule has 6 heteroatoms. The molecule has 0 aliphatic heterocycles. The third-order valence-corrected chi connectivity index (χ3v) is 3.64. The molecule has 0 spiro atoms. The molecule has 0 bridgehead atoms. The van der Waals surface area contributed by atoms with Crippen LogP contribution in [0.3, 0.4) is 0 Å². The molecule has 25 heavy (non-hydrogen) atoms. The van der Waals surface area contributed by atoms with Gasteiger partial charge in [-0.3, -0.25) is 0 Å². The van der Waals surface area contributed by atoms with Crippen molar-refractivity contribution in [2.45, 2.75) is 0 Å². The molecular weight excluding hydrogens is 324 g/mol. The minimum Gasteiger partial charge on any atom is -0.504 e. The fraction of sp³-hybridized carbons (Fsp3) is 0.263. The Bertz CT molecular complexity index is 742. The SMILES string of the molecule is COc1cc(/C=C/c2cc(OC)c(OC)c(OC)c2)cc(O)c1OC. The summed E-state index contributed by atoms with van der Waals surface area (Å²) in [5, 5.41) is 10.0. The van der Waals surface area contributed by atoms with Crippen molar-refractivity contribution in [1.82, 2.24) is 0 Å². The second-order valence-electron chi connectivity index (χ2n) is 5.07. The van der Waals surface area contributed by atoms with Crippen molar-refractivity contribution in [1.29, 1.82) is 0 Å². The lowest BCUT2D eigenvalue weighted by atomic mass is 10.1. The van der Waals surface area contributed by atoms with Crippen LogP contribution in [0, 0.1) is 0 Å². The van der Waals surface area contributed by atoms with Crippen LogP contribution in [0.5, 0.6) is 34.5 Å². The first-order valence-corrected chi connectivity index (χ1v) is 7.51. The average Bonchev–Trinajstić information content (AvgIpc) is 2.64. The number of ether oxygens (including phenoxy) is 5. The minimum absolute atomic E-state index is 0.00592. The smallest absolute Gasteiger partial charge is 0.203 e. The zero-order chi connectivity index (χ0) is 18.4. The molecule has 6 nitrogen and oxygen atoms in total. The van der Waals surface area contributed by atoms with Gasteiger partial charge in [-0.2, -0.15) is 0 Å². The van der Waals surface area contributed by atoms with Crippen molar-refractivity contribution in [2.75, 3.05) is 35.5 Å². The molecule has 0 atom stereocenters. The molecule has 0 amide bonds. The van der Waals surface area contributed by atoms with Crippen LogP contribution in [0.25, 0.3) is 12.2 Å². The molecule has 2 rings (SSSR count). The largest absolute Gasteiger partial charge is 0.504 e. The number of methoxy groups -OCH3 is 5. The molecule has 2 aromatic rings. The van der Waals surface area contributed by atoms with Gasteiger partial charge in [0.2, 0.25) is 11.5 Å². The van der Waals surface area contributed by atoms with Gasteiger partial charge in [-0.25, -0.2) is 0 Å². The Morgan fingerprint density at radius 1 is 0.600 bits per heavy atom. The van der Waals surface area contributed by atoms with E-state index in [1.807, 2.05) is 24.3 Å². The lowest BCUT2D eigenvalue weighted by molar-refractivity contribution is 0.324. The van der Waals surface area contributed by atoms with Gasteiger partial charge >= 0.3 is 0 Å². The molecule has 0 saturated carbocycles. The zero-order valence-corrected chi connectivity index (χ0v) is 15.0. The number of hydrogen-bond donors (Lipinski definition) is 1. The quantitative estimate of drug-likeness (QED) is 0.773.